The minimum Gasteiger partial charge on any atom is -0.374 e. The number of hydrogen-bond donors (Lipinski definition) is 3. The van der Waals surface area contributed by atoms with E-state index in [1.54, 1.807) is 25.1 Å². The highest BCUT2D eigenvalue weighted by molar-refractivity contribution is 6.34. The van der Waals surface area contributed by atoms with Gasteiger partial charge in [-0.2, -0.15) is 0 Å². The van der Waals surface area contributed by atoms with Crippen molar-refractivity contribution in [3.8, 4) is 0 Å². The van der Waals surface area contributed by atoms with Gasteiger partial charge in [0.2, 0.25) is 11.8 Å². The number of carbonyl (C=O) groups is 2. The molecule has 0 heterocycles. The number of nitrogens with one attached hydrogen (secondary N) is 3. The predicted octanol–water partition coefficient (Wildman–Crippen LogP) is 4.35. The van der Waals surface area contributed by atoms with E-state index in [0.717, 1.165) is 16.8 Å². The number of benzene rings is 2. The summed E-state index contributed by atoms with van der Waals surface area (Å²) in [4.78, 5) is 23.5. The van der Waals surface area contributed by atoms with E-state index < -0.39 is 6.04 Å². The van der Waals surface area contributed by atoms with Gasteiger partial charge in [-0.3, -0.25) is 9.59 Å². The van der Waals surface area contributed by atoms with Gasteiger partial charge in [-0.15, -0.1) is 0 Å². The van der Waals surface area contributed by atoms with Crippen LogP contribution in [0.2, 0.25) is 5.02 Å². The zero-order valence-corrected chi connectivity index (χ0v) is 15.5. The van der Waals surface area contributed by atoms with Crippen molar-refractivity contribution in [1.82, 2.24) is 0 Å². The summed E-state index contributed by atoms with van der Waals surface area (Å²) in [5, 5.41) is 9.09. The molecule has 5 nitrogen and oxygen atoms in total. The summed E-state index contributed by atoms with van der Waals surface area (Å²) >= 11 is 6.15. The summed E-state index contributed by atoms with van der Waals surface area (Å²) in [6.07, 6.45) is 0. The maximum Gasteiger partial charge on any atom is 0.246 e. The number of aryl methyl sites for hydroxylation is 2. The molecule has 0 aliphatic rings. The molecule has 0 radical (unpaired) electrons. The van der Waals surface area contributed by atoms with Gasteiger partial charge in [0.15, 0.2) is 0 Å². The number of rotatable bonds is 5. The van der Waals surface area contributed by atoms with Gasteiger partial charge in [0.1, 0.15) is 6.04 Å². The van der Waals surface area contributed by atoms with Gasteiger partial charge in [-0.1, -0.05) is 23.7 Å². The van der Waals surface area contributed by atoms with Crippen LogP contribution in [0, 0.1) is 13.8 Å². The molecule has 0 aromatic heterocycles. The lowest BCUT2D eigenvalue weighted by molar-refractivity contribution is -0.116. The molecule has 0 aliphatic heterocycles. The zero-order valence-electron chi connectivity index (χ0n) is 14.7. The van der Waals surface area contributed by atoms with E-state index in [0.29, 0.717) is 16.4 Å². The molecule has 132 valence electrons. The highest BCUT2D eigenvalue weighted by atomic mass is 35.5. The average Bonchev–Trinajstić information content (AvgIpc) is 2.53. The summed E-state index contributed by atoms with van der Waals surface area (Å²) in [6.45, 7) is 7.13. The van der Waals surface area contributed by atoms with Crippen molar-refractivity contribution in [1.29, 1.82) is 0 Å². The van der Waals surface area contributed by atoms with Gasteiger partial charge in [0, 0.05) is 18.3 Å². The van der Waals surface area contributed by atoms with E-state index in [-0.39, 0.29) is 11.8 Å². The standard InChI is InChI=1S/C19H22ClN3O2/c1-11-5-6-12(2)18(9-11)23-19(25)13(3)21-15-7-8-17(16(20)10-15)22-14(4)24/h5-10,13,21H,1-4H3,(H,22,24)(H,23,25). The Hall–Kier alpha value is -2.53. The molecule has 1 unspecified atom stereocenters. The van der Waals surface area contributed by atoms with Gasteiger partial charge in [0.25, 0.3) is 0 Å². The second-order valence-corrected chi connectivity index (χ2v) is 6.46. The largest absolute Gasteiger partial charge is 0.374 e. The Kier molecular flexibility index (Phi) is 6.04. The Morgan fingerprint density at radius 2 is 1.72 bits per heavy atom. The normalized spacial score (nSPS) is 11.6. The molecule has 0 aliphatic carbocycles. The fourth-order valence-corrected chi connectivity index (χ4v) is 2.55. The van der Waals surface area contributed by atoms with Crippen LogP contribution < -0.4 is 16.0 Å². The van der Waals surface area contributed by atoms with E-state index in [2.05, 4.69) is 16.0 Å². The summed E-state index contributed by atoms with van der Waals surface area (Å²) in [6, 6.07) is 10.6. The Morgan fingerprint density at radius 3 is 2.36 bits per heavy atom. The molecule has 0 saturated carbocycles. The molecule has 25 heavy (non-hydrogen) atoms. The van der Waals surface area contributed by atoms with Gasteiger partial charge in [-0.05, 0) is 56.2 Å². The lowest BCUT2D eigenvalue weighted by Gasteiger charge is -2.17. The van der Waals surface area contributed by atoms with E-state index in [1.807, 2.05) is 32.0 Å². The third kappa shape index (κ3) is 5.22. The van der Waals surface area contributed by atoms with E-state index in [9.17, 15) is 9.59 Å². The van der Waals surface area contributed by atoms with Crippen molar-refractivity contribution in [3.63, 3.8) is 0 Å². The molecular formula is C19H22ClN3O2. The molecule has 0 bridgehead atoms. The van der Waals surface area contributed by atoms with Crippen molar-refractivity contribution < 1.29 is 9.59 Å². The second-order valence-electron chi connectivity index (χ2n) is 6.05. The molecular weight excluding hydrogens is 338 g/mol. The van der Waals surface area contributed by atoms with Crippen LogP contribution in [-0.2, 0) is 9.59 Å². The minimum atomic E-state index is -0.456. The minimum absolute atomic E-state index is 0.143. The molecule has 3 N–H and O–H groups in total. The Morgan fingerprint density at radius 1 is 1.00 bits per heavy atom. The molecule has 0 fully saturated rings. The number of amides is 2. The number of carbonyl (C=O) groups excluding carboxylic acids is 2. The fourth-order valence-electron chi connectivity index (χ4n) is 2.32. The average molecular weight is 360 g/mol. The molecule has 2 amide bonds. The Bertz CT molecular complexity index is 805. The third-order valence-electron chi connectivity index (χ3n) is 3.71. The van der Waals surface area contributed by atoms with Crippen LogP contribution in [0.15, 0.2) is 36.4 Å². The molecule has 6 heteroatoms. The van der Waals surface area contributed by atoms with Gasteiger partial charge >= 0.3 is 0 Å². The van der Waals surface area contributed by atoms with Crippen molar-refractivity contribution in [2.24, 2.45) is 0 Å². The third-order valence-corrected chi connectivity index (χ3v) is 4.02. The van der Waals surface area contributed by atoms with Crippen LogP contribution in [0.4, 0.5) is 17.1 Å². The van der Waals surface area contributed by atoms with Gasteiger partial charge in [0.05, 0.1) is 10.7 Å². The number of halogens is 1. The first-order valence-corrected chi connectivity index (χ1v) is 8.36. The maximum atomic E-state index is 12.4. The van der Waals surface area contributed by atoms with E-state index >= 15 is 0 Å². The zero-order chi connectivity index (χ0) is 18.6. The predicted molar refractivity (Wildman–Crippen MR) is 103 cm³/mol. The second kappa shape index (κ2) is 8.03. The smallest absolute Gasteiger partial charge is 0.246 e. The van der Waals surface area contributed by atoms with Gasteiger partial charge < -0.3 is 16.0 Å². The summed E-state index contributed by atoms with van der Waals surface area (Å²) < 4.78 is 0. The van der Waals surface area contributed by atoms with E-state index in [1.165, 1.54) is 6.92 Å². The topological polar surface area (TPSA) is 70.2 Å². The molecule has 0 spiro atoms. The lowest BCUT2D eigenvalue weighted by atomic mass is 10.1. The van der Waals surface area contributed by atoms with E-state index in [4.69, 9.17) is 11.6 Å². The Balaban J connectivity index is 2.04. The summed E-state index contributed by atoms with van der Waals surface area (Å²) in [5.74, 6) is -0.334. The van der Waals surface area contributed by atoms with Crippen LogP contribution in [0.1, 0.15) is 25.0 Å². The Labute approximate surface area is 152 Å². The molecule has 0 saturated heterocycles. The number of hydrogen-bond acceptors (Lipinski definition) is 3. The van der Waals surface area contributed by atoms with Gasteiger partial charge in [-0.25, -0.2) is 0 Å². The van der Waals surface area contributed by atoms with Crippen molar-refractivity contribution in [2.75, 3.05) is 16.0 Å². The first-order chi connectivity index (χ1) is 11.8. The van der Waals surface area contributed by atoms with Crippen LogP contribution in [0.5, 0.6) is 0 Å². The monoisotopic (exact) mass is 359 g/mol. The molecule has 2 aromatic carbocycles. The molecule has 2 aromatic rings. The lowest BCUT2D eigenvalue weighted by Crippen LogP contribution is -2.32. The van der Waals surface area contributed by atoms with Crippen LogP contribution in [-0.4, -0.2) is 17.9 Å². The first-order valence-electron chi connectivity index (χ1n) is 7.98. The highest BCUT2D eigenvalue weighted by Crippen LogP contribution is 2.26. The fraction of sp³-hybridized carbons (Fsp3) is 0.263. The van der Waals surface area contributed by atoms with Crippen molar-refractivity contribution >= 4 is 40.5 Å². The summed E-state index contributed by atoms with van der Waals surface area (Å²) in [5.41, 5.74) is 4.13. The van der Waals surface area contributed by atoms with Crippen LogP contribution >= 0.6 is 11.6 Å². The van der Waals surface area contributed by atoms with Crippen LogP contribution in [0.25, 0.3) is 0 Å². The highest BCUT2D eigenvalue weighted by Gasteiger charge is 2.14. The number of anilines is 3. The van der Waals surface area contributed by atoms with Crippen LogP contribution in [0.3, 0.4) is 0 Å². The quantitative estimate of drug-likeness (QED) is 0.743. The summed E-state index contributed by atoms with van der Waals surface area (Å²) in [7, 11) is 0. The SMILES string of the molecule is CC(=O)Nc1ccc(NC(C)C(=O)Nc2cc(C)ccc2C)cc1Cl. The molecule has 2 rings (SSSR count). The first kappa shape index (κ1) is 18.8. The maximum absolute atomic E-state index is 12.4. The van der Waals surface area contributed by atoms with Crippen molar-refractivity contribution in [3.05, 3.63) is 52.5 Å². The van der Waals surface area contributed by atoms with Crippen molar-refractivity contribution in [2.45, 2.75) is 33.7 Å². The molecule has 1 atom stereocenters.